The average Bonchev–Trinajstić information content (AvgIpc) is 3.44. The number of carbonyl (C=O) groups excluding carboxylic acids is 2. The van der Waals surface area contributed by atoms with Crippen LogP contribution in [0.1, 0.15) is 43.8 Å². The minimum absolute atomic E-state index is 0.0375. The number of carbonyl (C=O) groups is 2. The molecule has 31 heavy (non-hydrogen) atoms. The molecule has 0 radical (unpaired) electrons. The molecule has 3 aromatic heterocycles. The van der Waals surface area contributed by atoms with Crippen molar-refractivity contribution in [3.63, 3.8) is 0 Å². The van der Waals surface area contributed by atoms with E-state index in [0.717, 1.165) is 32.8 Å². The molecule has 0 spiro atoms. The fraction of sp³-hybridized carbons (Fsp3) is 0.409. The maximum Gasteiger partial charge on any atom is 0.274 e. The van der Waals surface area contributed by atoms with Crippen LogP contribution in [-0.2, 0) is 4.74 Å². The summed E-state index contributed by atoms with van der Waals surface area (Å²) in [6, 6.07) is 3.93. The van der Waals surface area contributed by atoms with E-state index in [1.54, 1.807) is 12.4 Å². The molecule has 2 fully saturated rings. The number of amides is 2. The van der Waals surface area contributed by atoms with Crippen molar-refractivity contribution >= 4 is 33.4 Å². The Kier molecular flexibility index (Phi) is 5.37. The monoisotopic (exact) mass is 437 g/mol. The van der Waals surface area contributed by atoms with Gasteiger partial charge in [0.05, 0.1) is 30.0 Å². The van der Waals surface area contributed by atoms with Crippen LogP contribution in [0.5, 0.6) is 0 Å². The summed E-state index contributed by atoms with van der Waals surface area (Å²) >= 11 is 1.45. The smallest absolute Gasteiger partial charge is 0.274 e. The first-order valence-corrected chi connectivity index (χ1v) is 11.3. The van der Waals surface area contributed by atoms with Crippen molar-refractivity contribution in [2.45, 2.75) is 19.3 Å². The minimum Gasteiger partial charge on any atom is -0.378 e. The van der Waals surface area contributed by atoms with Gasteiger partial charge in [-0.25, -0.2) is 9.97 Å². The van der Waals surface area contributed by atoms with Crippen LogP contribution in [0.15, 0.2) is 30.7 Å². The molecule has 0 aromatic carbocycles. The van der Waals surface area contributed by atoms with Gasteiger partial charge in [-0.15, -0.1) is 11.3 Å². The van der Waals surface area contributed by atoms with Crippen LogP contribution in [0, 0.1) is 6.92 Å². The molecule has 0 N–H and O–H groups in total. The number of likely N-dealkylation sites (tertiary alicyclic amines) is 1. The highest BCUT2D eigenvalue weighted by atomic mass is 32.1. The Morgan fingerprint density at radius 1 is 1.06 bits per heavy atom. The van der Waals surface area contributed by atoms with Gasteiger partial charge in [-0.2, -0.15) is 0 Å². The van der Waals surface area contributed by atoms with Crippen molar-refractivity contribution in [2.75, 3.05) is 39.4 Å². The third-order valence-electron chi connectivity index (χ3n) is 5.88. The fourth-order valence-corrected chi connectivity index (χ4v) is 5.47. The number of nitrogens with zero attached hydrogens (tertiary/aromatic N) is 5. The Labute approximate surface area is 183 Å². The normalized spacial score (nSPS) is 19.2. The van der Waals surface area contributed by atoms with Gasteiger partial charge in [0.2, 0.25) is 0 Å². The molecule has 9 heteroatoms. The molecule has 5 rings (SSSR count). The lowest BCUT2D eigenvalue weighted by atomic mass is 9.95. The molecular weight excluding hydrogens is 414 g/mol. The molecule has 2 aliphatic heterocycles. The lowest BCUT2D eigenvalue weighted by molar-refractivity contribution is 0.0305. The lowest BCUT2D eigenvalue weighted by Gasteiger charge is -2.27. The van der Waals surface area contributed by atoms with E-state index in [-0.39, 0.29) is 17.7 Å². The van der Waals surface area contributed by atoms with Crippen molar-refractivity contribution in [1.82, 2.24) is 24.8 Å². The van der Waals surface area contributed by atoms with E-state index in [9.17, 15) is 9.59 Å². The summed E-state index contributed by atoms with van der Waals surface area (Å²) < 4.78 is 5.41. The van der Waals surface area contributed by atoms with Crippen molar-refractivity contribution in [1.29, 1.82) is 0 Å². The molecule has 3 aromatic rings. The summed E-state index contributed by atoms with van der Waals surface area (Å²) in [6.45, 7) is 5.35. The predicted molar refractivity (Wildman–Crippen MR) is 116 cm³/mol. The van der Waals surface area contributed by atoms with Crippen LogP contribution in [-0.4, -0.2) is 76.0 Å². The summed E-state index contributed by atoms with van der Waals surface area (Å²) in [5.41, 5.74) is 2.15. The van der Waals surface area contributed by atoms with Crippen LogP contribution in [0.4, 0.5) is 0 Å². The quantitative estimate of drug-likeness (QED) is 0.626. The number of hydrogen-bond donors (Lipinski definition) is 0. The van der Waals surface area contributed by atoms with Gasteiger partial charge in [-0.3, -0.25) is 14.6 Å². The van der Waals surface area contributed by atoms with E-state index < -0.39 is 0 Å². The Hall–Kier alpha value is -2.91. The predicted octanol–water partition coefficient (Wildman–Crippen LogP) is 2.50. The molecular formula is C22H23N5O3S. The van der Waals surface area contributed by atoms with Gasteiger partial charge in [0.15, 0.2) is 0 Å². The fourth-order valence-electron chi connectivity index (χ4n) is 4.27. The summed E-state index contributed by atoms with van der Waals surface area (Å²) in [7, 11) is 0. The Morgan fingerprint density at radius 3 is 2.68 bits per heavy atom. The number of thiophene rings is 1. The van der Waals surface area contributed by atoms with Crippen molar-refractivity contribution in [2.24, 2.45) is 0 Å². The molecule has 0 aliphatic carbocycles. The Balaban J connectivity index is 1.45. The van der Waals surface area contributed by atoms with Gasteiger partial charge >= 0.3 is 0 Å². The van der Waals surface area contributed by atoms with E-state index in [4.69, 9.17) is 4.74 Å². The number of rotatable bonds is 3. The van der Waals surface area contributed by atoms with Gasteiger partial charge in [-0.05, 0) is 25.0 Å². The van der Waals surface area contributed by atoms with Crippen LogP contribution in [0.3, 0.4) is 0 Å². The van der Waals surface area contributed by atoms with Gasteiger partial charge < -0.3 is 14.5 Å². The first kappa shape index (κ1) is 20.0. The molecule has 0 bridgehead atoms. The van der Waals surface area contributed by atoms with E-state index in [2.05, 4.69) is 15.0 Å². The second kappa shape index (κ2) is 8.32. The number of morpholine rings is 1. The number of aromatic nitrogens is 3. The second-order valence-corrected chi connectivity index (χ2v) is 8.88. The average molecular weight is 438 g/mol. The second-order valence-electron chi connectivity index (χ2n) is 7.89. The molecule has 0 saturated carbocycles. The summed E-state index contributed by atoms with van der Waals surface area (Å²) in [5.74, 6) is 0.00416. The zero-order chi connectivity index (χ0) is 21.4. The van der Waals surface area contributed by atoms with E-state index in [1.807, 2.05) is 28.9 Å². The van der Waals surface area contributed by atoms with Crippen LogP contribution in [0.25, 0.3) is 10.2 Å². The summed E-state index contributed by atoms with van der Waals surface area (Å²) in [6.07, 6.45) is 5.70. The molecule has 8 nitrogen and oxygen atoms in total. The summed E-state index contributed by atoms with van der Waals surface area (Å²) in [5, 5.41) is 1.01. The summed E-state index contributed by atoms with van der Waals surface area (Å²) in [4.78, 5) is 44.5. The zero-order valence-electron chi connectivity index (χ0n) is 17.3. The first-order chi connectivity index (χ1) is 15.1. The number of pyridine rings is 1. The Bertz CT molecular complexity index is 1120. The number of fused-ring (bicyclic) bond motifs is 1. The largest absolute Gasteiger partial charge is 0.378 e. The minimum atomic E-state index is -0.117. The van der Waals surface area contributed by atoms with Crippen LogP contribution in [0.2, 0.25) is 0 Å². The molecule has 5 heterocycles. The van der Waals surface area contributed by atoms with Crippen molar-refractivity contribution in [3.05, 3.63) is 52.6 Å². The maximum absolute atomic E-state index is 13.4. The van der Waals surface area contributed by atoms with Gasteiger partial charge in [0, 0.05) is 49.9 Å². The molecule has 0 unspecified atom stereocenters. The molecule has 2 aliphatic rings. The number of hydrogen-bond acceptors (Lipinski definition) is 7. The molecule has 160 valence electrons. The Morgan fingerprint density at radius 2 is 1.90 bits per heavy atom. The van der Waals surface area contributed by atoms with Crippen molar-refractivity contribution in [3.8, 4) is 0 Å². The third kappa shape index (κ3) is 3.79. The highest BCUT2D eigenvalue weighted by Crippen LogP contribution is 2.40. The zero-order valence-corrected chi connectivity index (χ0v) is 18.1. The van der Waals surface area contributed by atoms with Crippen molar-refractivity contribution < 1.29 is 14.3 Å². The first-order valence-electron chi connectivity index (χ1n) is 10.4. The highest BCUT2D eigenvalue weighted by molar-refractivity contribution is 7.20. The maximum atomic E-state index is 13.4. The highest BCUT2D eigenvalue weighted by Gasteiger charge is 2.34. The van der Waals surface area contributed by atoms with E-state index in [0.29, 0.717) is 45.1 Å². The van der Waals surface area contributed by atoms with Gasteiger partial charge in [0.1, 0.15) is 10.5 Å². The topological polar surface area (TPSA) is 88.5 Å². The molecule has 2 amide bonds. The van der Waals surface area contributed by atoms with Gasteiger partial charge in [0.25, 0.3) is 11.8 Å². The lowest BCUT2D eigenvalue weighted by Crippen LogP contribution is -2.40. The molecule has 2 saturated heterocycles. The van der Waals surface area contributed by atoms with Crippen LogP contribution < -0.4 is 0 Å². The van der Waals surface area contributed by atoms with Gasteiger partial charge in [-0.1, -0.05) is 6.07 Å². The third-order valence-corrected chi connectivity index (χ3v) is 7.00. The van der Waals surface area contributed by atoms with Crippen LogP contribution >= 0.6 is 11.3 Å². The van der Waals surface area contributed by atoms with E-state index in [1.165, 1.54) is 17.5 Å². The standard InChI is InChI=1S/C22H23N5O3S/c1-14-11-25-17(12-24-14)21(28)27-6-4-15(13-27)18-16-3-2-5-23-20(16)31-19(18)22(29)26-7-9-30-10-8-26/h2-3,5,11-12,15H,4,6-10,13H2,1H3/t15-/m1/s1. The SMILES string of the molecule is Cc1cnc(C(=O)N2CC[C@@H](c3c(C(=O)N4CCOCC4)sc4ncccc34)C2)cn1. The number of aryl methyl sites for hydroxylation is 1. The number of ether oxygens (including phenoxy) is 1. The molecule has 1 atom stereocenters. The van der Waals surface area contributed by atoms with E-state index >= 15 is 0 Å².